The average Bonchev–Trinajstić information content (AvgIpc) is 2.40. The van der Waals surface area contributed by atoms with Crippen molar-refractivity contribution in [2.75, 3.05) is 19.7 Å². The molecule has 5 heteroatoms. The van der Waals surface area contributed by atoms with E-state index in [1.54, 1.807) is 11.8 Å². The monoisotopic (exact) mass is 268 g/mol. The molecule has 2 amide bonds. The second-order valence-electron chi connectivity index (χ2n) is 5.97. The molecule has 2 rings (SSSR count). The Kier molecular flexibility index (Phi) is 4.45. The van der Waals surface area contributed by atoms with Gasteiger partial charge < -0.3 is 15.4 Å². The molecule has 108 valence electrons. The normalized spacial score (nSPS) is 29.2. The lowest BCUT2D eigenvalue weighted by atomic mass is 9.86. The molecular weight excluding hydrogens is 244 g/mol. The molecule has 2 fully saturated rings. The predicted octanol–water partition coefficient (Wildman–Crippen LogP) is 1.06. The summed E-state index contributed by atoms with van der Waals surface area (Å²) in [5.74, 6) is 0.161. The molecule has 0 aromatic carbocycles. The van der Waals surface area contributed by atoms with Gasteiger partial charge in [0, 0.05) is 13.0 Å². The number of nitrogens with zero attached hydrogens (tertiary/aromatic N) is 1. The van der Waals surface area contributed by atoms with Gasteiger partial charge >= 0.3 is 0 Å². The zero-order valence-electron chi connectivity index (χ0n) is 11.7. The summed E-state index contributed by atoms with van der Waals surface area (Å²) in [5.41, 5.74) is 4.32. The number of rotatable bonds is 3. The van der Waals surface area contributed by atoms with Gasteiger partial charge in [-0.3, -0.25) is 9.59 Å². The smallest absolute Gasteiger partial charge is 0.251 e. The summed E-state index contributed by atoms with van der Waals surface area (Å²) < 4.78 is 5.43. The van der Waals surface area contributed by atoms with Gasteiger partial charge in [-0.1, -0.05) is 19.3 Å². The fourth-order valence-electron chi connectivity index (χ4n) is 3.00. The van der Waals surface area contributed by atoms with Gasteiger partial charge in [0.1, 0.15) is 0 Å². The topological polar surface area (TPSA) is 72.6 Å². The van der Waals surface area contributed by atoms with E-state index >= 15 is 0 Å². The van der Waals surface area contributed by atoms with E-state index in [-0.39, 0.29) is 12.5 Å². The van der Waals surface area contributed by atoms with Crippen LogP contribution in [0.2, 0.25) is 0 Å². The maximum atomic E-state index is 12.3. The zero-order chi connectivity index (χ0) is 13.9. The lowest BCUT2D eigenvalue weighted by Gasteiger charge is -2.39. The van der Waals surface area contributed by atoms with E-state index < -0.39 is 11.5 Å². The molecule has 1 heterocycles. The van der Waals surface area contributed by atoms with Crippen molar-refractivity contribution in [3.05, 3.63) is 0 Å². The third-order valence-corrected chi connectivity index (χ3v) is 4.34. The van der Waals surface area contributed by atoms with Crippen molar-refractivity contribution in [1.29, 1.82) is 0 Å². The fraction of sp³-hybridized carbons (Fsp3) is 0.857. The molecule has 0 spiro atoms. The van der Waals surface area contributed by atoms with Crippen molar-refractivity contribution in [3.63, 3.8) is 0 Å². The molecule has 1 aliphatic carbocycles. The Labute approximate surface area is 114 Å². The Morgan fingerprint density at radius 2 is 2.00 bits per heavy atom. The quantitative estimate of drug-likeness (QED) is 0.832. The molecule has 1 atom stereocenters. The van der Waals surface area contributed by atoms with Crippen LogP contribution >= 0.6 is 0 Å². The standard InChI is InChI=1S/C14H24N2O3/c1-14(13(15)18)10-16(7-8-19-14)12(17)9-11-5-3-2-4-6-11/h11H,2-10H2,1H3,(H2,15,18)/t14-/m0/s1. The number of hydrogen-bond donors (Lipinski definition) is 1. The lowest BCUT2D eigenvalue weighted by molar-refractivity contribution is -0.160. The van der Waals surface area contributed by atoms with Gasteiger partial charge in [0.25, 0.3) is 5.91 Å². The maximum Gasteiger partial charge on any atom is 0.251 e. The highest BCUT2D eigenvalue weighted by Gasteiger charge is 2.39. The molecule has 0 radical (unpaired) electrons. The molecule has 0 aromatic heterocycles. The van der Waals surface area contributed by atoms with E-state index in [0.29, 0.717) is 25.5 Å². The van der Waals surface area contributed by atoms with Crippen LogP contribution in [0.5, 0.6) is 0 Å². The first-order chi connectivity index (χ1) is 9.01. The Balaban J connectivity index is 1.89. The second-order valence-corrected chi connectivity index (χ2v) is 5.97. The van der Waals surface area contributed by atoms with Gasteiger partial charge in [-0.05, 0) is 25.7 Å². The molecule has 0 bridgehead atoms. The first-order valence-corrected chi connectivity index (χ1v) is 7.23. The Bertz CT molecular complexity index is 353. The van der Waals surface area contributed by atoms with Crippen LogP contribution in [0.25, 0.3) is 0 Å². The first kappa shape index (κ1) is 14.3. The summed E-state index contributed by atoms with van der Waals surface area (Å²) in [6, 6.07) is 0. The number of nitrogens with two attached hydrogens (primary N) is 1. The van der Waals surface area contributed by atoms with E-state index in [0.717, 1.165) is 12.8 Å². The maximum absolute atomic E-state index is 12.3. The molecule has 19 heavy (non-hydrogen) atoms. The number of carbonyl (C=O) groups excluding carboxylic acids is 2. The van der Waals surface area contributed by atoms with Crippen LogP contribution in [0.3, 0.4) is 0 Å². The van der Waals surface area contributed by atoms with Crippen molar-refractivity contribution in [2.45, 2.75) is 51.0 Å². The van der Waals surface area contributed by atoms with Gasteiger partial charge in [0.15, 0.2) is 5.60 Å². The van der Waals surface area contributed by atoms with Crippen LogP contribution in [0, 0.1) is 5.92 Å². The van der Waals surface area contributed by atoms with Crippen LogP contribution in [-0.4, -0.2) is 42.0 Å². The number of amides is 2. The van der Waals surface area contributed by atoms with Crippen molar-refractivity contribution in [2.24, 2.45) is 11.7 Å². The first-order valence-electron chi connectivity index (χ1n) is 7.23. The molecule has 5 nitrogen and oxygen atoms in total. The highest BCUT2D eigenvalue weighted by molar-refractivity contribution is 5.85. The summed E-state index contributed by atoms with van der Waals surface area (Å²) in [6.07, 6.45) is 6.68. The Morgan fingerprint density at radius 1 is 1.32 bits per heavy atom. The SMILES string of the molecule is C[C@@]1(C(N)=O)CN(C(=O)CC2CCCCC2)CCO1. The number of morpholine rings is 1. The van der Waals surface area contributed by atoms with Gasteiger partial charge in [-0.2, -0.15) is 0 Å². The summed E-state index contributed by atoms with van der Waals surface area (Å²) in [6.45, 7) is 2.90. The molecule has 2 N–H and O–H groups in total. The highest BCUT2D eigenvalue weighted by atomic mass is 16.5. The van der Waals surface area contributed by atoms with E-state index in [4.69, 9.17) is 10.5 Å². The third kappa shape index (κ3) is 3.47. The fourth-order valence-corrected chi connectivity index (χ4v) is 3.00. The minimum Gasteiger partial charge on any atom is -0.367 e. The number of ether oxygens (including phenoxy) is 1. The highest BCUT2D eigenvalue weighted by Crippen LogP contribution is 2.27. The summed E-state index contributed by atoms with van der Waals surface area (Å²) in [5, 5.41) is 0. The summed E-state index contributed by atoms with van der Waals surface area (Å²) >= 11 is 0. The largest absolute Gasteiger partial charge is 0.367 e. The molecule has 2 aliphatic rings. The summed E-state index contributed by atoms with van der Waals surface area (Å²) in [4.78, 5) is 25.4. The predicted molar refractivity (Wildman–Crippen MR) is 71.3 cm³/mol. The van der Waals surface area contributed by atoms with E-state index in [9.17, 15) is 9.59 Å². The number of primary amides is 1. The van der Waals surface area contributed by atoms with E-state index in [1.165, 1.54) is 19.3 Å². The van der Waals surface area contributed by atoms with Crippen LogP contribution < -0.4 is 5.73 Å². The summed E-state index contributed by atoms with van der Waals surface area (Å²) in [7, 11) is 0. The van der Waals surface area contributed by atoms with Crippen molar-refractivity contribution < 1.29 is 14.3 Å². The van der Waals surface area contributed by atoms with E-state index in [1.807, 2.05) is 0 Å². The molecular formula is C14H24N2O3. The number of carbonyl (C=O) groups is 2. The third-order valence-electron chi connectivity index (χ3n) is 4.34. The van der Waals surface area contributed by atoms with Crippen molar-refractivity contribution >= 4 is 11.8 Å². The van der Waals surface area contributed by atoms with Crippen LogP contribution in [0.1, 0.15) is 45.4 Å². The van der Waals surface area contributed by atoms with Gasteiger partial charge in [0.2, 0.25) is 5.91 Å². The Morgan fingerprint density at radius 3 is 2.63 bits per heavy atom. The number of hydrogen-bond acceptors (Lipinski definition) is 3. The molecule has 1 saturated carbocycles. The van der Waals surface area contributed by atoms with E-state index in [2.05, 4.69) is 0 Å². The average molecular weight is 268 g/mol. The molecule has 1 saturated heterocycles. The van der Waals surface area contributed by atoms with Crippen LogP contribution in [-0.2, 0) is 14.3 Å². The van der Waals surface area contributed by atoms with Crippen molar-refractivity contribution in [1.82, 2.24) is 4.90 Å². The lowest BCUT2D eigenvalue weighted by Crippen LogP contribution is -2.58. The Hall–Kier alpha value is -1.10. The molecule has 0 aromatic rings. The van der Waals surface area contributed by atoms with Crippen LogP contribution in [0.15, 0.2) is 0 Å². The van der Waals surface area contributed by atoms with Crippen LogP contribution in [0.4, 0.5) is 0 Å². The minimum atomic E-state index is -1.03. The van der Waals surface area contributed by atoms with Gasteiger partial charge in [-0.15, -0.1) is 0 Å². The molecule has 0 unspecified atom stereocenters. The second kappa shape index (κ2) is 5.90. The molecule has 1 aliphatic heterocycles. The van der Waals surface area contributed by atoms with Gasteiger partial charge in [-0.25, -0.2) is 0 Å². The van der Waals surface area contributed by atoms with Crippen molar-refractivity contribution in [3.8, 4) is 0 Å². The van der Waals surface area contributed by atoms with Gasteiger partial charge in [0.05, 0.1) is 13.2 Å². The minimum absolute atomic E-state index is 0.141. The zero-order valence-corrected chi connectivity index (χ0v) is 11.7.